The fourth-order valence-electron chi connectivity index (χ4n) is 2.02. The Kier molecular flexibility index (Phi) is 3.96. The number of nitrogen functional groups attached to an aromatic ring is 1. The summed E-state index contributed by atoms with van der Waals surface area (Å²) in [6, 6.07) is 0.291. The Hall–Kier alpha value is -2.05. The molecule has 1 heterocycles. The SMILES string of the molecule is CCn1nc(C)c(N)c1C(=O)N(C)CC(=O)NC1CC1. The first-order valence-electron chi connectivity index (χ1n) is 6.81. The van der Waals surface area contributed by atoms with E-state index in [-0.39, 0.29) is 18.4 Å². The summed E-state index contributed by atoms with van der Waals surface area (Å²) in [5, 5.41) is 7.07. The van der Waals surface area contributed by atoms with Crippen LogP contribution in [0.2, 0.25) is 0 Å². The van der Waals surface area contributed by atoms with Crippen molar-refractivity contribution < 1.29 is 9.59 Å². The molecule has 2 amide bonds. The number of nitrogens with one attached hydrogen (secondary N) is 1. The van der Waals surface area contributed by atoms with Gasteiger partial charge in [-0.3, -0.25) is 14.3 Å². The summed E-state index contributed by atoms with van der Waals surface area (Å²) < 4.78 is 1.57. The number of likely N-dealkylation sites (N-methyl/N-ethyl adjacent to an activating group) is 1. The summed E-state index contributed by atoms with van der Waals surface area (Å²) in [6.07, 6.45) is 2.05. The summed E-state index contributed by atoms with van der Waals surface area (Å²) in [7, 11) is 1.59. The lowest BCUT2D eigenvalue weighted by atomic mass is 10.2. The fourth-order valence-corrected chi connectivity index (χ4v) is 2.02. The number of aromatic nitrogens is 2. The molecule has 20 heavy (non-hydrogen) atoms. The van der Waals surface area contributed by atoms with Crippen molar-refractivity contribution >= 4 is 17.5 Å². The van der Waals surface area contributed by atoms with Crippen LogP contribution in [0.3, 0.4) is 0 Å². The van der Waals surface area contributed by atoms with E-state index < -0.39 is 0 Å². The normalized spacial score (nSPS) is 14.2. The molecule has 1 fully saturated rings. The maximum absolute atomic E-state index is 12.4. The molecule has 7 nitrogen and oxygen atoms in total. The molecule has 3 N–H and O–H groups in total. The van der Waals surface area contributed by atoms with Gasteiger partial charge in [0, 0.05) is 19.6 Å². The van der Waals surface area contributed by atoms with Crippen LogP contribution in [-0.2, 0) is 11.3 Å². The van der Waals surface area contributed by atoms with Crippen molar-refractivity contribution in [3.05, 3.63) is 11.4 Å². The van der Waals surface area contributed by atoms with Gasteiger partial charge >= 0.3 is 0 Å². The van der Waals surface area contributed by atoms with E-state index >= 15 is 0 Å². The first-order chi connectivity index (χ1) is 9.43. The number of nitrogens with zero attached hydrogens (tertiary/aromatic N) is 3. The molecule has 0 spiro atoms. The van der Waals surface area contributed by atoms with Crippen molar-refractivity contribution in [3.8, 4) is 0 Å². The first-order valence-corrected chi connectivity index (χ1v) is 6.81. The van der Waals surface area contributed by atoms with E-state index in [0.717, 1.165) is 12.8 Å². The number of anilines is 1. The zero-order valence-corrected chi connectivity index (χ0v) is 12.1. The second-order valence-corrected chi connectivity index (χ2v) is 5.17. The molecule has 0 aliphatic heterocycles. The Bertz CT molecular complexity index is 533. The lowest BCUT2D eigenvalue weighted by Gasteiger charge is -2.17. The molecule has 0 unspecified atom stereocenters. The molecule has 1 aromatic rings. The van der Waals surface area contributed by atoms with Crippen molar-refractivity contribution in [2.75, 3.05) is 19.3 Å². The van der Waals surface area contributed by atoms with Gasteiger partial charge in [-0.1, -0.05) is 0 Å². The molecule has 1 aliphatic rings. The lowest BCUT2D eigenvalue weighted by molar-refractivity contribution is -0.121. The monoisotopic (exact) mass is 279 g/mol. The maximum atomic E-state index is 12.4. The number of rotatable bonds is 5. The van der Waals surface area contributed by atoms with E-state index in [1.807, 2.05) is 6.92 Å². The fraction of sp³-hybridized carbons (Fsp3) is 0.615. The van der Waals surface area contributed by atoms with Gasteiger partial charge in [-0.2, -0.15) is 5.10 Å². The van der Waals surface area contributed by atoms with E-state index in [2.05, 4.69) is 10.4 Å². The molecule has 1 saturated carbocycles. The summed E-state index contributed by atoms with van der Waals surface area (Å²) in [5.74, 6) is -0.419. The largest absolute Gasteiger partial charge is 0.395 e. The summed E-state index contributed by atoms with van der Waals surface area (Å²) in [4.78, 5) is 25.5. The minimum Gasteiger partial charge on any atom is -0.395 e. The number of aryl methyl sites for hydroxylation is 2. The third kappa shape index (κ3) is 2.92. The van der Waals surface area contributed by atoms with Gasteiger partial charge in [-0.15, -0.1) is 0 Å². The average molecular weight is 279 g/mol. The molecule has 110 valence electrons. The second kappa shape index (κ2) is 5.52. The van der Waals surface area contributed by atoms with Gasteiger partial charge in [0.1, 0.15) is 5.69 Å². The van der Waals surface area contributed by atoms with Crippen molar-refractivity contribution in [1.29, 1.82) is 0 Å². The van der Waals surface area contributed by atoms with Gasteiger partial charge in [-0.25, -0.2) is 0 Å². The Labute approximate surface area is 118 Å². The quantitative estimate of drug-likeness (QED) is 0.802. The highest BCUT2D eigenvalue weighted by molar-refractivity contribution is 5.99. The highest BCUT2D eigenvalue weighted by Crippen LogP contribution is 2.19. The summed E-state index contributed by atoms with van der Waals surface area (Å²) in [6.45, 7) is 4.24. The van der Waals surface area contributed by atoms with Crippen LogP contribution in [0, 0.1) is 6.92 Å². The van der Waals surface area contributed by atoms with Crippen LogP contribution < -0.4 is 11.1 Å². The molecule has 7 heteroatoms. The Morgan fingerprint density at radius 3 is 2.70 bits per heavy atom. The zero-order chi connectivity index (χ0) is 14.9. The van der Waals surface area contributed by atoms with Gasteiger partial charge < -0.3 is 16.0 Å². The molecular formula is C13H21N5O2. The van der Waals surface area contributed by atoms with Crippen molar-refractivity contribution in [3.63, 3.8) is 0 Å². The van der Waals surface area contributed by atoms with Gasteiger partial charge in [0.2, 0.25) is 5.91 Å². The maximum Gasteiger partial charge on any atom is 0.274 e. The minimum atomic E-state index is -0.282. The van der Waals surface area contributed by atoms with Crippen LogP contribution in [0.15, 0.2) is 0 Å². The summed E-state index contributed by atoms with van der Waals surface area (Å²) in [5.41, 5.74) is 7.27. The Morgan fingerprint density at radius 1 is 1.50 bits per heavy atom. The predicted molar refractivity (Wildman–Crippen MR) is 75.2 cm³/mol. The lowest BCUT2D eigenvalue weighted by Crippen LogP contribution is -2.40. The highest BCUT2D eigenvalue weighted by atomic mass is 16.2. The number of amides is 2. The molecule has 0 aromatic carbocycles. The Morgan fingerprint density at radius 2 is 2.15 bits per heavy atom. The van der Waals surface area contributed by atoms with Crippen molar-refractivity contribution in [2.45, 2.75) is 39.3 Å². The molecule has 1 aliphatic carbocycles. The van der Waals surface area contributed by atoms with Crippen LogP contribution >= 0.6 is 0 Å². The standard InChI is InChI=1S/C13H21N5O2/c1-4-18-12(11(14)8(2)16-18)13(20)17(3)7-10(19)15-9-5-6-9/h9H,4-7,14H2,1-3H3,(H,15,19). The zero-order valence-electron chi connectivity index (χ0n) is 12.1. The van der Waals surface area contributed by atoms with Crippen molar-refractivity contribution in [2.24, 2.45) is 0 Å². The minimum absolute atomic E-state index is 0.0305. The predicted octanol–water partition coefficient (Wildman–Crippen LogP) is 0.144. The number of nitrogens with two attached hydrogens (primary N) is 1. The van der Waals surface area contributed by atoms with Crippen LogP contribution in [0.5, 0.6) is 0 Å². The number of carbonyl (C=O) groups excluding carboxylic acids is 2. The molecule has 0 saturated heterocycles. The van der Waals surface area contributed by atoms with Gasteiger partial charge in [0.15, 0.2) is 0 Å². The van der Waals surface area contributed by atoms with Gasteiger partial charge in [0.25, 0.3) is 5.91 Å². The number of hydrogen-bond acceptors (Lipinski definition) is 4. The molecular weight excluding hydrogens is 258 g/mol. The van der Waals surface area contributed by atoms with E-state index in [1.54, 1.807) is 18.7 Å². The topological polar surface area (TPSA) is 93.2 Å². The van der Waals surface area contributed by atoms with Crippen LogP contribution in [0.25, 0.3) is 0 Å². The van der Waals surface area contributed by atoms with Crippen LogP contribution in [0.1, 0.15) is 35.9 Å². The summed E-state index contributed by atoms with van der Waals surface area (Å²) >= 11 is 0. The molecule has 0 atom stereocenters. The van der Waals surface area contributed by atoms with Crippen LogP contribution in [0.4, 0.5) is 5.69 Å². The smallest absolute Gasteiger partial charge is 0.274 e. The van der Waals surface area contributed by atoms with Gasteiger partial charge in [0.05, 0.1) is 17.9 Å². The average Bonchev–Trinajstić information content (AvgIpc) is 3.15. The van der Waals surface area contributed by atoms with Crippen molar-refractivity contribution in [1.82, 2.24) is 20.0 Å². The molecule has 0 radical (unpaired) electrons. The number of hydrogen-bond donors (Lipinski definition) is 2. The van der Waals surface area contributed by atoms with Crippen LogP contribution in [-0.4, -0.2) is 46.1 Å². The Balaban J connectivity index is 2.07. The van der Waals surface area contributed by atoms with E-state index in [0.29, 0.717) is 29.7 Å². The third-order valence-electron chi connectivity index (χ3n) is 3.35. The highest BCUT2D eigenvalue weighted by Gasteiger charge is 2.26. The second-order valence-electron chi connectivity index (χ2n) is 5.17. The number of carbonyl (C=O) groups is 2. The first kappa shape index (κ1) is 14.4. The van der Waals surface area contributed by atoms with E-state index in [9.17, 15) is 9.59 Å². The third-order valence-corrected chi connectivity index (χ3v) is 3.35. The molecule has 2 rings (SSSR count). The van der Waals surface area contributed by atoms with E-state index in [4.69, 9.17) is 5.73 Å². The van der Waals surface area contributed by atoms with E-state index in [1.165, 1.54) is 4.90 Å². The molecule has 1 aromatic heterocycles. The van der Waals surface area contributed by atoms with Gasteiger partial charge in [-0.05, 0) is 26.7 Å². The molecule has 0 bridgehead atoms.